The van der Waals surface area contributed by atoms with Crippen LogP contribution in [0.2, 0.25) is 0 Å². The summed E-state index contributed by atoms with van der Waals surface area (Å²) in [6.07, 6.45) is 1.16. The third-order valence-corrected chi connectivity index (χ3v) is 0.894. The zero-order valence-corrected chi connectivity index (χ0v) is 5.74. The molecule has 10 heavy (non-hydrogen) atoms. The molecule has 0 aliphatic rings. The van der Waals surface area contributed by atoms with Crippen LogP contribution >= 0.6 is 0 Å². The number of carbonyl (C=O) groups is 1. The Bertz CT molecular complexity index is 234. The fraction of sp³-hybridized carbons (Fsp3) is 0.250. The molecule has 1 aromatic rings. The summed E-state index contributed by atoms with van der Waals surface area (Å²) in [5.41, 5.74) is 0. The maximum atomic E-state index is 10.0. The van der Waals surface area contributed by atoms with Crippen LogP contribution in [-0.4, -0.2) is 20.7 Å². The van der Waals surface area contributed by atoms with Crippen molar-refractivity contribution in [1.82, 2.24) is 14.8 Å². The molecule has 0 radical (unpaired) electrons. The van der Waals surface area contributed by atoms with Crippen LogP contribution in [0.4, 0.5) is 0 Å². The van der Waals surface area contributed by atoms with Crippen LogP contribution in [-0.2, 0) is 7.05 Å². The number of carbonyl (C=O) groups excluding carboxylic acids is 1. The van der Waals surface area contributed by atoms with Gasteiger partial charge in [-0.3, -0.25) is 0 Å². The van der Waals surface area contributed by atoms with E-state index >= 15 is 0 Å². The number of carboxylic acids is 1. The van der Waals surface area contributed by atoms with Gasteiger partial charge < -0.3 is 9.90 Å². The fourth-order valence-electron chi connectivity index (χ4n) is 0.481. The predicted octanol–water partition coefficient (Wildman–Crippen LogP) is -4.82. The van der Waals surface area contributed by atoms with E-state index in [-0.39, 0.29) is 24.7 Å². The molecule has 0 saturated carbocycles. The smallest absolute Gasteiger partial charge is 0.542 e. The summed E-state index contributed by atoms with van der Waals surface area (Å²) in [5, 5.41) is 13.6. The molecule has 0 saturated heterocycles. The number of rotatable bonds is 1. The second kappa shape index (κ2) is 3.39. The van der Waals surface area contributed by atoms with Gasteiger partial charge in [0.05, 0.1) is 0 Å². The molecule has 48 valence electrons. The van der Waals surface area contributed by atoms with E-state index in [0.29, 0.717) is 0 Å². The Morgan fingerprint density at radius 2 is 2.40 bits per heavy atom. The molecule has 0 amide bonds. The van der Waals surface area contributed by atoms with Crippen molar-refractivity contribution in [2.45, 2.75) is 0 Å². The summed E-state index contributed by atoms with van der Waals surface area (Å²) >= 11 is 0. The van der Waals surface area contributed by atoms with Gasteiger partial charge in [0.2, 0.25) is 0 Å². The first-order valence-corrected chi connectivity index (χ1v) is 2.27. The molecular weight excluding hydrogens is 129 g/mol. The summed E-state index contributed by atoms with van der Waals surface area (Å²) in [7, 11) is 1.48. The number of nitrogens with zero attached hydrogens (tertiary/aromatic N) is 3. The van der Waals surface area contributed by atoms with E-state index < -0.39 is 5.97 Å². The Morgan fingerprint density at radius 3 is 2.60 bits per heavy atom. The van der Waals surface area contributed by atoms with Crippen molar-refractivity contribution in [2.24, 2.45) is 7.05 Å². The predicted molar refractivity (Wildman–Crippen MR) is 25.3 cm³/mol. The summed E-state index contributed by atoms with van der Waals surface area (Å²) in [4.78, 5) is 13.5. The van der Waals surface area contributed by atoms with Gasteiger partial charge in [-0.15, -0.1) is 0 Å². The van der Waals surface area contributed by atoms with E-state index in [1.807, 2.05) is 0 Å². The molecule has 5 nitrogen and oxygen atoms in total. The minimum Gasteiger partial charge on any atom is -0.542 e. The normalized spacial score (nSPS) is 8.50. The Labute approximate surface area is 69.2 Å². The standard InChI is InChI=1S/C4H5N3O2.Li/c1-7-3(4(8)9)5-2-6-7;/h2H,1H3,(H,8,9);/q;+1/p-1. The van der Waals surface area contributed by atoms with Crippen LogP contribution in [0.3, 0.4) is 0 Å². The maximum absolute atomic E-state index is 10.0. The van der Waals surface area contributed by atoms with Gasteiger partial charge in [0, 0.05) is 7.05 Å². The topological polar surface area (TPSA) is 70.8 Å². The molecule has 0 bridgehead atoms. The molecule has 0 aliphatic carbocycles. The number of hydrogen-bond acceptors (Lipinski definition) is 4. The number of hydrogen-bond donors (Lipinski definition) is 0. The quantitative estimate of drug-likeness (QED) is 0.360. The van der Waals surface area contributed by atoms with Gasteiger partial charge in [-0.05, 0) is 0 Å². The zero-order valence-electron chi connectivity index (χ0n) is 5.74. The summed E-state index contributed by atoms with van der Waals surface area (Å²) in [6.45, 7) is 0. The van der Waals surface area contributed by atoms with Crippen LogP contribution in [0.15, 0.2) is 6.33 Å². The first-order valence-electron chi connectivity index (χ1n) is 2.27. The molecular formula is C4H4LiN3O2. The molecule has 0 spiro atoms. The first kappa shape index (κ1) is 9.21. The van der Waals surface area contributed by atoms with Crippen LogP contribution in [0.25, 0.3) is 0 Å². The minimum atomic E-state index is -1.31. The number of carboxylic acid groups (broad SMARTS) is 1. The molecule has 6 heteroatoms. The second-order valence-electron chi connectivity index (χ2n) is 1.49. The van der Waals surface area contributed by atoms with E-state index in [4.69, 9.17) is 0 Å². The average molecular weight is 133 g/mol. The van der Waals surface area contributed by atoms with Gasteiger partial charge in [-0.2, -0.15) is 5.10 Å². The van der Waals surface area contributed by atoms with Gasteiger partial charge in [-0.1, -0.05) is 0 Å². The number of aromatic carboxylic acids is 1. The Kier molecular flexibility index (Phi) is 3.13. The molecule has 0 aromatic carbocycles. The maximum Gasteiger partial charge on any atom is 1.00 e. The number of aromatic nitrogens is 3. The van der Waals surface area contributed by atoms with Gasteiger partial charge >= 0.3 is 18.9 Å². The van der Waals surface area contributed by atoms with Crippen molar-refractivity contribution in [1.29, 1.82) is 0 Å². The van der Waals surface area contributed by atoms with E-state index in [2.05, 4.69) is 10.1 Å². The van der Waals surface area contributed by atoms with Gasteiger partial charge in [0.1, 0.15) is 12.3 Å². The van der Waals surface area contributed by atoms with Gasteiger partial charge in [0.25, 0.3) is 0 Å². The molecule has 1 rings (SSSR count). The third kappa shape index (κ3) is 1.59. The van der Waals surface area contributed by atoms with Crippen molar-refractivity contribution < 1.29 is 28.8 Å². The molecule has 0 fully saturated rings. The molecule has 0 atom stereocenters. The SMILES string of the molecule is Cn1ncnc1C(=O)[O-].[Li+]. The van der Waals surface area contributed by atoms with Crippen LogP contribution in [0.1, 0.15) is 10.6 Å². The van der Waals surface area contributed by atoms with Crippen molar-refractivity contribution in [3.63, 3.8) is 0 Å². The van der Waals surface area contributed by atoms with Crippen molar-refractivity contribution in [3.8, 4) is 0 Å². The van der Waals surface area contributed by atoms with Crippen LogP contribution in [0, 0.1) is 0 Å². The number of aryl methyl sites for hydroxylation is 1. The van der Waals surface area contributed by atoms with E-state index in [1.54, 1.807) is 0 Å². The molecule has 0 unspecified atom stereocenters. The van der Waals surface area contributed by atoms with Gasteiger partial charge in [-0.25, -0.2) is 9.67 Å². The molecule has 1 aromatic heterocycles. The summed E-state index contributed by atoms with van der Waals surface area (Å²) < 4.78 is 1.13. The van der Waals surface area contributed by atoms with Crippen molar-refractivity contribution in [2.75, 3.05) is 0 Å². The third-order valence-electron chi connectivity index (χ3n) is 0.894. The average Bonchev–Trinajstić information content (AvgIpc) is 2.13. The first-order chi connectivity index (χ1) is 4.22. The summed E-state index contributed by atoms with van der Waals surface area (Å²) in [5.74, 6) is -1.47. The van der Waals surface area contributed by atoms with E-state index in [9.17, 15) is 9.90 Å². The Morgan fingerprint density at radius 1 is 1.80 bits per heavy atom. The monoisotopic (exact) mass is 133 g/mol. The fourth-order valence-corrected chi connectivity index (χ4v) is 0.481. The molecule has 1 heterocycles. The minimum absolute atomic E-state index is 0. The largest absolute Gasteiger partial charge is 1.00 e. The Hall–Kier alpha value is -0.793. The molecule has 0 aliphatic heterocycles. The Balaban J connectivity index is 0.000000810. The van der Waals surface area contributed by atoms with E-state index in [0.717, 1.165) is 11.0 Å². The van der Waals surface area contributed by atoms with Gasteiger partial charge in [0.15, 0.2) is 5.82 Å². The van der Waals surface area contributed by atoms with Crippen molar-refractivity contribution >= 4 is 5.97 Å². The van der Waals surface area contributed by atoms with Crippen molar-refractivity contribution in [3.05, 3.63) is 12.2 Å². The van der Waals surface area contributed by atoms with Crippen LogP contribution in [0.5, 0.6) is 0 Å². The summed E-state index contributed by atoms with van der Waals surface area (Å²) in [6, 6.07) is 0. The van der Waals surface area contributed by atoms with E-state index in [1.165, 1.54) is 7.05 Å². The second-order valence-corrected chi connectivity index (χ2v) is 1.49. The van der Waals surface area contributed by atoms with Crippen LogP contribution < -0.4 is 24.0 Å². The molecule has 0 N–H and O–H groups in total. The zero-order chi connectivity index (χ0) is 6.85.